The molecule has 0 bridgehead atoms. The Kier molecular flexibility index (Phi) is 2.54. The molecule has 0 saturated heterocycles. The third-order valence-corrected chi connectivity index (χ3v) is 1.48. The molecule has 68 valence electrons. The lowest BCUT2D eigenvalue weighted by molar-refractivity contribution is -0.160. The Labute approximate surface area is 69.8 Å². The monoisotopic (exact) mass is 174 g/mol. The quantitative estimate of drug-likeness (QED) is 0.564. The van der Waals surface area contributed by atoms with Crippen molar-refractivity contribution < 1.29 is 23.7 Å². The predicted molar refractivity (Wildman–Crippen MR) is 37.9 cm³/mol. The highest BCUT2D eigenvalue weighted by atomic mass is 16.7. The van der Waals surface area contributed by atoms with Crippen LogP contribution < -0.4 is 0 Å². The Morgan fingerprint density at radius 3 is 2.33 bits per heavy atom. The van der Waals surface area contributed by atoms with Gasteiger partial charge in [0.25, 0.3) is 6.29 Å². The van der Waals surface area contributed by atoms with Gasteiger partial charge in [-0.1, -0.05) is 0 Å². The maximum Gasteiger partial charge on any atom is 0.380 e. The molecule has 0 fully saturated rings. The molecule has 0 aromatic heterocycles. The lowest BCUT2D eigenvalue weighted by Crippen LogP contribution is -2.14. The van der Waals surface area contributed by atoms with Crippen LogP contribution in [0.25, 0.3) is 0 Å². The topological polar surface area (TPSA) is 54.0 Å². The molecule has 0 radical (unpaired) electrons. The Hall–Kier alpha value is -1.23. The molecular formula is C7H10O5. The van der Waals surface area contributed by atoms with Crippen molar-refractivity contribution in [2.75, 3.05) is 21.3 Å². The van der Waals surface area contributed by atoms with Gasteiger partial charge in [-0.2, -0.15) is 0 Å². The van der Waals surface area contributed by atoms with Crippen LogP contribution in [0.3, 0.4) is 0 Å². The van der Waals surface area contributed by atoms with Gasteiger partial charge in [0.05, 0.1) is 14.2 Å². The van der Waals surface area contributed by atoms with Gasteiger partial charge >= 0.3 is 5.97 Å². The number of cyclic esters (lactones) is 1. The standard InChI is InChI=1S/C7H10O5/c1-9-4-5(10-2)7(11-3)12-6(4)8/h7H,1-3H3. The zero-order valence-electron chi connectivity index (χ0n) is 7.12. The Morgan fingerprint density at radius 2 is 1.92 bits per heavy atom. The van der Waals surface area contributed by atoms with E-state index in [4.69, 9.17) is 18.9 Å². The first-order valence-corrected chi connectivity index (χ1v) is 3.30. The first kappa shape index (κ1) is 8.86. The molecule has 1 rings (SSSR count). The lowest BCUT2D eigenvalue weighted by Gasteiger charge is -2.08. The summed E-state index contributed by atoms with van der Waals surface area (Å²) in [5.74, 6) is -0.240. The van der Waals surface area contributed by atoms with Crippen LogP contribution in [-0.4, -0.2) is 33.6 Å². The van der Waals surface area contributed by atoms with Crippen LogP contribution in [0.4, 0.5) is 0 Å². The Bertz CT molecular complexity index is 220. The van der Waals surface area contributed by atoms with Gasteiger partial charge in [-0.25, -0.2) is 4.79 Å². The van der Waals surface area contributed by atoms with Gasteiger partial charge in [-0.05, 0) is 0 Å². The van der Waals surface area contributed by atoms with E-state index < -0.39 is 12.3 Å². The van der Waals surface area contributed by atoms with Gasteiger partial charge in [0, 0.05) is 7.11 Å². The van der Waals surface area contributed by atoms with Crippen molar-refractivity contribution in [2.45, 2.75) is 6.29 Å². The van der Waals surface area contributed by atoms with Crippen LogP contribution in [0, 0.1) is 0 Å². The molecule has 0 aromatic carbocycles. The molecule has 12 heavy (non-hydrogen) atoms. The molecule has 0 saturated carbocycles. The second kappa shape index (κ2) is 3.44. The number of ether oxygens (including phenoxy) is 4. The van der Waals surface area contributed by atoms with E-state index in [1.54, 1.807) is 0 Å². The van der Waals surface area contributed by atoms with Crippen LogP contribution in [0.15, 0.2) is 11.5 Å². The smallest absolute Gasteiger partial charge is 0.380 e. The minimum Gasteiger partial charge on any atom is -0.491 e. The molecule has 1 atom stereocenters. The second-order valence-electron chi connectivity index (χ2n) is 2.07. The average molecular weight is 174 g/mol. The second-order valence-corrected chi connectivity index (χ2v) is 2.07. The number of methoxy groups -OCH3 is 3. The highest BCUT2D eigenvalue weighted by Gasteiger charge is 2.36. The van der Waals surface area contributed by atoms with Crippen molar-refractivity contribution in [3.8, 4) is 0 Å². The van der Waals surface area contributed by atoms with Crippen LogP contribution in [0.5, 0.6) is 0 Å². The highest BCUT2D eigenvalue weighted by molar-refractivity contribution is 5.89. The van der Waals surface area contributed by atoms with Crippen LogP contribution in [0.2, 0.25) is 0 Å². The zero-order valence-corrected chi connectivity index (χ0v) is 7.12. The van der Waals surface area contributed by atoms with Crippen molar-refractivity contribution in [3.63, 3.8) is 0 Å². The molecule has 1 aliphatic heterocycles. The van der Waals surface area contributed by atoms with Crippen molar-refractivity contribution in [2.24, 2.45) is 0 Å². The van der Waals surface area contributed by atoms with Crippen LogP contribution >= 0.6 is 0 Å². The molecule has 5 heteroatoms. The molecule has 0 aliphatic carbocycles. The van der Waals surface area contributed by atoms with Gasteiger partial charge in [0.2, 0.25) is 11.5 Å². The minimum atomic E-state index is -0.780. The third kappa shape index (κ3) is 1.23. The summed E-state index contributed by atoms with van der Waals surface area (Å²) in [6, 6.07) is 0. The van der Waals surface area contributed by atoms with E-state index in [0.717, 1.165) is 0 Å². The zero-order chi connectivity index (χ0) is 9.14. The molecule has 1 unspecified atom stereocenters. The van der Waals surface area contributed by atoms with E-state index in [1.165, 1.54) is 21.3 Å². The summed E-state index contributed by atoms with van der Waals surface area (Å²) in [6.07, 6.45) is -0.780. The Balaban J connectivity index is 2.90. The molecule has 0 spiro atoms. The summed E-state index contributed by atoms with van der Waals surface area (Å²) in [5.41, 5.74) is 0. The van der Waals surface area contributed by atoms with E-state index in [0.29, 0.717) is 0 Å². The number of rotatable bonds is 3. The minimum absolute atomic E-state index is 0.0596. The predicted octanol–water partition coefficient (Wildman–Crippen LogP) is 0.0201. The number of carbonyl (C=O) groups is 1. The Morgan fingerprint density at radius 1 is 1.25 bits per heavy atom. The first-order chi connectivity index (χ1) is 5.74. The molecule has 0 amide bonds. The van der Waals surface area contributed by atoms with Gasteiger partial charge in [-0.3, -0.25) is 0 Å². The summed E-state index contributed by atoms with van der Waals surface area (Å²) in [7, 11) is 4.20. The first-order valence-electron chi connectivity index (χ1n) is 3.30. The fraction of sp³-hybridized carbons (Fsp3) is 0.571. The third-order valence-electron chi connectivity index (χ3n) is 1.48. The summed E-state index contributed by atoms with van der Waals surface area (Å²) >= 11 is 0. The maximum atomic E-state index is 11.0. The molecule has 1 aliphatic rings. The molecule has 0 N–H and O–H groups in total. The van der Waals surface area contributed by atoms with E-state index in [9.17, 15) is 4.79 Å². The van der Waals surface area contributed by atoms with E-state index in [-0.39, 0.29) is 11.5 Å². The summed E-state index contributed by atoms with van der Waals surface area (Å²) in [4.78, 5) is 11.0. The van der Waals surface area contributed by atoms with E-state index in [1.807, 2.05) is 0 Å². The molecule has 0 aromatic rings. The number of esters is 1. The van der Waals surface area contributed by atoms with Crippen molar-refractivity contribution in [1.29, 1.82) is 0 Å². The largest absolute Gasteiger partial charge is 0.491 e. The van der Waals surface area contributed by atoms with E-state index in [2.05, 4.69) is 0 Å². The number of hydrogen-bond acceptors (Lipinski definition) is 5. The normalized spacial score (nSPS) is 22.6. The highest BCUT2D eigenvalue weighted by Crippen LogP contribution is 2.23. The van der Waals surface area contributed by atoms with Gasteiger partial charge < -0.3 is 18.9 Å². The maximum absolute atomic E-state index is 11.0. The molecular weight excluding hydrogens is 164 g/mol. The van der Waals surface area contributed by atoms with Crippen molar-refractivity contribution >= 4 is 5.97 Å². The summed E-state index contributed by atoms with van der Waals surface area (Å²) < 4.78 is 19.2. The number of carbonyl (C=O) groups excluding carboxylic acids is 1. The van der Waals surface area contributed by atoms with Gasteiger partial charge in [0.1, 0.15) is 0 Å². The van der Waals surface area contributed by atoms with Crippen LogP contribution in [-0.2, 0) is 23.7 Å². The van der Waals surface area contributed by atoms with Gasteiger partial charge in [-0.15, -0.1) is 0 Å². The SMILES string of the molecule is COC1=C(OC)C(OC)OC1=O. The summed E-state index contributed by atoms with van der Waals surface area (Å²) in [6.45, 7) is 0. The van der Waals surface area contributed by atoms with E-state index >= 15 is 0 Å². The van der Waals surface area contributed by atoms with Crippen LogP contribution in [0.1, 0.15) is 0 Å². The number of hydrogen-bond donors (Lipinski definition) is 0. The van der Waals surface area contributed by atoms with Gasteiger partial charge in [0.15, 0.2) is 0 Å². The average Bonchev–Trinajstić information content (AvgIpc) is 2.40. The van der Waals surface area contributed by atoms with Crippen molar-refractivity contribution in [3.05, 3.63) is 11.5 Å². The molecule has 5 nitrogen and oxygen atoms in total. The molecule has 1 heterocycles. The fourth-order valence-corrected chi connectivity index (χ4v) is 0.940. The fourth-order valence-electron chi connectivity index (χ4n) is 0.940. The lowest BCUT2D eigenvalue weighted by atomic mass is 10.4. The summed E-state index contributed by atoms with van der Waals surface area (Å²) in [5, 5.41) is 0. The van der Waals surface area contributed by atoms with Crippen molar-refractivity contribution in [1.82, 2.24) is 0 Å².